The number of amides is 1. The minimum absolute atomic E-state index is 0.000419. The summed E-state index contributed by atoms with van der Waals surface area (Å²) < 4.78 is 15.6. The van der Waals surface area contributed by atoms with E-state index in [-0.39, 0.29) is 23.5 Å². The fourth-order valence-corrected chi connectivity index (χ4v) is 6.12. The van der Waals surface area contributed by atoms with Crippen molar-refractivity contribution in [1.29, 1.82) is 0 Å². The van der Waals surface area contributed by atoms with Gasteiger partial charge in [0.2, 0.25) is 0 Å². The number of pyridine rings is 1. The van der Waals surface area contributed by atoms with E-state index in [0.29, 0.717) is 25.4 Å². The third-order valence-electron chi connectivity index (χ3n) is 7.64. The number of carbonyl (C=O) groups is 1. The Morgan fingerprint density at radius 2 is 1.88 bits per heavy atom. The molecule has 3 aromatic rings. The molecule has 41 heavy (non-hydrogen) atoms. The van der Waals surface area contributed by atoms with E-state index in [1.807, 2.05) is 46.2 Å². The second-order valence-corrected chi connectivity index (χ2v) is 16.5. The first-order chi connectivity index (χ1) is 19.3. The third kappa shape index (κ3) is 7.09. The van der Waals surface area contributed by atoms with Gasteiger partial charge in [-0.15, -0.1) is 0 Å². The Kier molecular flexibility index (Phi) is 9.43. The van der Waals surface area contributed by atoms with Crippen LogP contribution in [0.5, 0.6) is 0 Å². The summed E-state index contributed by atoms with van der Waals surface area (Å²) in [5.74, 6) is 1.17. The zero-order chi connectivity index (χ0) is 30.1. The van der Waals surface area contributed by atoms with E-state index in [1.165, 1.54) is 0 Å². The maximum Gasteiger partial charge on any atom is 0.410 e. The average molecular weight is 582 g/mol. The molecule has 0 spiro atoms. The molecule has 224 valence electrons. The van der Waals surface area contributed by atoms with Crippen LogP contribution in [-0.4, -0.2) is 64.2 Å². The quantitative estimate of drug-likeness (QED) is 0.247. The zero-order valence-corrected chi connectivity index (χ0v) is 27.4. The first-order valence-electron chi connectivity index (χ1n) is 14.9. The van der Waals surface area contributed by atoms with Crippen LogP contribution >= 0.6 is 0 Å². The molecule has 0 radical (unpaired) electrons. The van der Waals surface area contributed by atoms with Crippen LogP contribution < -0.4 is 5.56 Å². The molecule has 4 heterocycles. The monoisotopic (exact) mass is 581 g/mol. The number of nitrogens with zero attached hydrogens (tertiary/aromatic N) is 5. The maximum atomic E-state index is 12.6. The third-order valence-corrected chi connectivity index (χ3v) is 9.03. The Morgan fingerprint density at radius 1 is 1.20 bits per heavy atom. The van der Waals surface area contributed by atoms with Crippen LogP contribution in [0.3, 0.4) is 0 Å². The van der Waals surface area contributed by atoms with Crippen molar-refractivity contribution in [3.63, 3.8) is 0 Å². The number of aromatic nitrogens is 4. The molecule has 10 heteroatoms. The van der Waals surface area contributed by atoms with E-state index >= 15 is 0 Å². The number of carbonyl (C=O) groups excluding carboxylic acids is 1. The van der Waals surface area contributed by atoms with Crippen LogP contribution in [0.2, 0.25) is 19.1 Å². The predicted octanol–water partition coefficient (Wildman–Crippen LogP) is 5.80. The molecule has 1 aliphatic heterocycles. The highest BCUT2D eigenvalue weighted by Gasteiger charge is 2.30. The van der Waals surface area contributed by atoms with E-state index in [4.69, 9.17) is 19.4 Å². The van der Waals surface area contributed by atoms with E-state index < -0.39 is 14.4 Å². The standard InChI is InChI=1S/C31H47N5O4Si/c1-20(2)25-26-24(17-32-28(33-26)22-10-12-35(13-11-22)30(38)40-31(4,5)6)36(19-39-14-15-41(8)9)27(25)23-16-21(3)29(37)34(7)18-23/h16-18,20,22,41H,10-15,19H2,1-9H3. The topological polar surface area (TPSA) is 91.5 Å². The highest BCUT2D eigenvalue weighted by atomic mass is 28.3. The Morgan fingerprint density at radius 3 is 2.46 bits per heavy atom. The van der Waals surface area contributed by atoms with Gasteiger partial charge in [-0.05, 0) is 58.6 Å². The number of hydrogen-bond acceptors (Lipinski definition) is 6. The Labute approximate surface area is 245 Å². The van der Waals surface area contributed by atoms with Gasteiger partial charge in [-0.1, -0.05) is 26.9 Å². The number of piperidine rings is 1. The summed E-state index contributed by atoms with van der Waals surface area (Å²) in [4.78, 5) is 37.0. The Hall–Kier alpha value is -2.98. The molecule has 1 fully saturated rings. The Balaban J connectivity index is 1.73. The normalized spacial score (nSPS) is 15.0. The van der Waals surface area contributed by atoms with Gasteiger partial charge >= 0.3 is 6.09 Å². The van der Waals surface area contributed by atoms with E-state index in [9.17, 15) is 9.59 Å². The molecular weight excluding hydrogens is 534 g/mol. The summed E-state index contributed by atoms with van der Waals surface area (Å²) in [5, 5.41) is 0. The van der Waals surface area contributed by atoms with Crippen molar-refractivity contribution in [2.75, 3.05) is 19.7 Å². The lowest BCUT2D eigenvalue weighted by Crippen LogP contribution is -2.41. The van der Waals surface area contributed by atoms with Crippen LogP contribution in [0.15, 0.2) is 23.3 Å². The highest BCUT2D eigenvalue weighted by molar-refractivity contribution is 6.55. The fraction of sp³-hybridized carbons (Fsp3) is 0.613. The number of hydrogen-bond donors (Lipinski definition) is 0. The van der Waals surface area contributed by atoms with Crippen molar-refractivity contribution < 1.29 is 14.3 Å². The predicted molar refractivity (Wildman–Crippen MR) is 166 cm³/mol. The van der Waals surface area contributed by atoms with Gasteiger partial charge in [0.1, 0.15) is 18.2 Å². The molecule has 1 saturated heterocycles. The molecule has 0 atom stereocenters. The zero-order valence-electron chi connectivity index (χ0n) is 26.3. The molecule has 1 amide bonds. The summed E-state index contributed by atoms with van der Waals surface area (Å²) in [6.45, 7) is 18.9. The summed E-state index contributed by atoms with van der Waals surface area (Å²) in [5.41, 5.74) is 5.20. The van der Waals surface area contributed by atoms with Gasteiger partial charge in [-0.3, -0.25) is 4.79 Å². The average Bonchev–Trinajstić information content (AvgIpc) is 3.22. The van der Waals surface area contributed by atoms with E-state index in [0.717, 1.165) is 59.2 Å². The van der Waals surface area contributed by atoms with Crippen molar-refractivity contribution in [3.05, 3.63) is 45.8 Å². The number of likely N-dealkylation sites (tertiary alicyclic amines) is 1. The molecule has 0 aliphatic carbocycles. The van der Waals surface area contributed by atoms with Gasteiger partial charge in [-0.2, -0.15) is 0 Å². The van der Waals surface area contributed by atoms with Crippen molar-refractivity contribution >= 4 is 25.9 Å². The minimum atomic E-state index is -0.723. The molecule has 0 unspecified atom stereocenters. The van der Waals surface area contributed by atoms with Crippen LogP contribution in [0.1, 0.15) is 76.2 Å². The second kappa shape index (κ2) is 12.5. The van der Waals surface area contributed by atoms with Gasteiger partial charge < -0.3 is 23.5 Å². The highest BCUT2D eigenvalue weighted by Crippen LogP contribution is 2.38. The molecule has 0 saturated carbocycles. The van der Waals surface area contributed by atoms with Crippen LogP contribution in [0.25, 0.3) is 22.3 Å². The van der Waals surface area contributed by atoms with E-state index in [1.54, 1.807) is 16.5 Å². The van der Waals surface area contributed by atoms with Crippen molar-refractivity contribution in [2.24, 2.45) is 7.05 Å². The maximum absolute atomic E-state index is 12.6. The molecule has 4 rings (SSSR count). The lowest BCUT2D eigenvalue weighted by atomic mass is 9.95. The van der Waals surface area contributed by atoms with Crippen LogP contribution in [0.4, 0.5) is 4.79 Å². The smallest absolute Gasteiger partial charge is 0.410 e. The molecule has 0 N–H and O–H groups in total. The minimum Gasteiger partial charge on any atom is -0.444 e. The van der Waals surface area contributed by atoms with E-state index in [2.05, 4.69) is 31.5 Å². The number of rotatable bonds is 8. The first-order valence-corrected chi connectivity index (χ1v) is 18.0. The van der Waals surface area contributed by atoms with Gasteiger partial charge in [0, 0.05) is 64.3 Å². The van der Waals surface area contributed by atoms with Gasteiger partial charge in [0.15, 0.2) is 0 Å². The molecular formula is C31H47N5O4Si. The van der Waals surface area contributed by atoms with Gasteiger partial charge in [0.05, 0.1) is 22.9 Å². The number of fused-ring (bicyclic) bond motifs is 1. The number of aryl methyl sites for hydroxylation is 2. The Bertz CT molecular complexity index is 1420. The van der Waals surface area contributed by atoms with Crippen LogP contribution in [0, 0.1) is 6.92 Å². The lowest BCUT2D eigenvalue weighted by Gasteiger charge is -2.32. The number of ether oxygens (including phenoxy) is 2. The molecule has 1 aliphatic rings. The SMILES string of the molecule is Cc1cc(-c2c(C(C)C)c3nc(C4CCN(C(=O)OC(C)(C)C)CC4)ncc3n2COCC[SiH](C)C)cn(C)c1=O. The van der Waals surface area contributed by atoms with Crippen molar-refractivity contribution in [2.45, 2.75) is 97.7 Å². The summed E-state index contributed by atoms with van der Waals surface area (Å²) in [7, 11) is 1.08. The molecule has 3 aromatic heterocycles. The molecule has 0 aromatic carbocycles. The largest absolute Gasteiger partial charge is 0.444 e. The second-order valence-electron chi connectivity index (χ2n) is 13.1. The van der Waals surface area contributed by atoms with Crippen molar-refractivity contribution in [1.82, 2.24) is 24.0 Å². The van der Waals surface area contributed by atoms with Crippen LogP contribution in [-0.2, 0) is 23.3 Å². The fourth-order valence-electron chi connectivity index (χ4n) is 5.48. The van der Waals surface area contributed by atoms with Gasteiger partial charge in [0.25, 0.3) is 5.56 Å². The molecule has 9 nitrogen and oxygen atoms in total. The first kappa shape index (κ1) is 31.0. The summed E-state index contributed by atoms with van der Waals surface area (Å²) in [6, 6.07) is 3.09. The summed E-state index contributed by atoms with van der Waals surface area (Å²) >= 11 is 0. The molecule has 0 bridgehead atoms. The van der Waals surface area contributed by atoms with Gasteiger partial charge in [-0.25, -0.2) is 14.8 Å². The van der Waals surface area contributed by atoms with Crippen molar-refractivity contribution in [3.8, 4) is 11.3 Å². The summed E-state index contributed by atoms with van der Waals surface area (Å²) in [6.07, 6.45) is 5.16. The lowest BCUT2D eigenvalue weighted by molar-refractivity contribution is 0.0203.